The lowest BCUT2D eigenvalue weighted by atomic mass is 9.98. The Morgan fingerprint density at radius 3 is 2.81 bits per heavy atom. The maximum absolute atomic E-state index is 5.82. The molecule has 2 rings (SSSR count). The van der Waals surface area contributed by atoms with Crippen molar-refractivity contribution in [3.63, 3.8) is 0 Å². The molecule has 88 valence electrons. The molecule has 1 aliphatic rings. The van der Waals surface area contributed by atoms with Crippen molar-refractivity contribution in [1.82, 2.24) is 10.3 Å². The van der Waals surface area contributed by atoms with Gasteiger partial charge in [-0.2, -0.15) is 0 Å². The first-order chi connectivity index (χ1) is 7.75. The molecule has 1 aromatic rings. The quantitative estimate of drug-likeness (QED) is 0.877. The second-order valence-corrected chi connectivity index (χ2v) is 4.84. The van der Waals surface area contributed by atoms with Gasteiger partial charge in [-0.1, -0.05) is 11.6 Å². The molecule has 0 bridgehead atoms. The maximum atomic E-state index is 5.82. The summed E-state index contributed by atoms with van der Waals surface area (Å²) in [4.78, 5) is 6.54. The number of rotatable bonds is 3. The van der Waals surface area contributed by atoms with Crippen LogP contribution < -0.4 is 10.2 Å². The third-order valence-corrected chi connectivity index (χ3v) is 3.32. The van der Waals surface area contributed by atoms with Crippen LogP contribution >= 0.6 is 11.6 Å². The highest BCUT2D eigenvalue weighted by Crippen LogP contribution is 2.17. The van der Waals surface area contributed by atoms with E-state index in [1.165, 1.54) is 12.8 Å². The maximum Gasteiger partial charge on any atom is 0.128 e. The summed E-state index contributed by atoms with van der Waals surface area (Å²) in [5, 5.41) is 4.08. The van der Waals surface area contributed by atoms with Crippen LogP contribution in [-0.4, -0.2) is 31.7 Å². The first-order valence-electron chi connectivity index (χ1n) is 5.79. The number of hydrogen-bond acceptors (Lipinski definition) is 3. The van der Waals surface area contributed by atoms with Crippen molar-refractivity contribution in [2.45, 2.75) is 12.8 Å². The smallest absolute Gasteiger partial charge is 0.128 e. The van der Waals surface area contributed by atoms with Crippen LogP contribution in [0.3, 0.4) is 0 Å². The van der Waals surface area contributed by atoms with Gasteiger partial charge in [0.05, 0.1) is 5.02 Å². The first-order valence-corrected chi connectivity index (χ1v) is 6.17. The minimum Gasteiger partial charge on any atom is -0.359 e. The van der Waals surface area contributed by atoms with E-state index in [0.717, 1.165) is 31.4 Å². The van der Waals surface area contributed by atoms with Crippen LogP contribution in [0.25, 0.3) is 0 Å². The summed E-state index contributed by atoms with van der Waals surface area (Å²) >= 11 is 5.82. The van der Waals surface area contributed by atoms with Gasteiger partial charge in [-0.15, -0.1) is 0 Å². The van der Waals surface area contributed by atoms with Gasteiger partial charge in [0.1, 0.15) is 5.82 Å². The molecule has 1 aromatic heterocycles. The van der Waals surface area contributed by atoms with E-state index in [1.54, 1.807) is 6.20 Å². The van der Waals surface area contributed by atoms with Crippen LogP contribution in [0, 0.1) is 5.92 Å². The minimum absolute atomic E-state index is 0.694. The Morgan fingerprint density at radius 2 is 2.19 bits per heavy atom. The molecular formula is C12H18ClN3. The summed E-state index contributed by atoms with van der Waals surface area (Å²) in [7, 11) is 2.10. The van der Waals surface area contributed by atoms with Crippen LogP contribution in [0.5, 0.6) is 0 Å². The predicted octanol–water partition coefficient (Wildman–Crippen LogP) is 2.17. The Kier molecular flexibility index (Phi) is 4.02. The van der Waals surface area contributed by atoms with E-state index in [2.05, 4.69) is 22.2 Å². The highest BCUT2D eigenvalue weighted by atomic mass is 35.5. The molecule has 1 saturated heterocycles. The Hall–Kier alpha value is -0.800. The Bertz CT molecular complexity index is 320. The first kappa shape index (κ1) is 11.7. The fraction of sp³-hybridized carbons (Fsp3) is 0.583. The molecule has 16 heavy (non-hydrogen) atoms. The molecule has 0 amide bonds. The monoisotopic (exact) mass is 239 g/mol. The molecule has 2 heterocycles. The van der Waals surface area contributed by atoms with Crippen LogP contribution in [0.15, 0.2) is 18.3 Å². The molecule has 0 aliphatic carbocycles. The molecule has 0 atom stereocenters. The summed E-state index contributed by atoms with van der Waals surface area (Å²) in [6.07, 6.45) is 4.23. The summed E-state index contributed by atoms with van der Waals surface area (Å²) in [6.45, 7) is 3.37. The van der Waals surface area contributed by atoms with Crippen molar-refractivity contribution < 1.29 is 0 Å². The Labute approximate surface area is 102 Å². The number of halogens is 1. The van der Waals surface area contributed by atoms with E-state index in [4.69, 9.17) is 11.6 Å². The molecule has 0 aromatic carbocycles. The van der Waals surface area contributed by atoms with Crippen molar-refractivity contribution in [2.75, 3.05) is 31.6 Å². The van der Waals surface area contributed by atoms with Crippen molar-refractivity contribution in [3.05, 3.63) is 23.4 Å². The van der Waals surface area contributed by atoms with E-state index in [1.807, 2.05) is 12.1 Å². The van der Waals surface area contributed by atoms with Crippen molar-refractivity contribution in [3.8, 4) is 0 Å². The largest absolute Gasteiger partial charge is 0.359 e. The van der Waals surface area contributed by atoms with Gasteiger partial charge >= 0.3 is 0 Å². The normalized spacial score (nSPS) is 17.4. The third kappa shape index (κ3) is 3.09. The lowest BCUT2D eigenvalue weighted by Gasteiger charge is -2.28. The number of hydrogen-bond donors (Lipinski definition) is 1. The third-order valence-electron chi connectivity index (χ3n) is 3.09. The van der Waals surface area contributed by atoms with E-state index >= 15 is 0 Å². The average molecular weight is 240 g/mol. The average Bonchev–Trinajstić information content (AvgIpc) is 2.31. The number of anilines is 1. The Morgan fingerprint density at radius 1 is 1.44 bits per heavy atom. The van der Waals surface area contributed by atoms with Gasteiger partial charge in [-0.25, -0.2) is 4.98 Å². The van der Waals surface area contributed by atoms with E-state index in [9.17, 15) is 0 Å². The summed E-state index contributed by atoms with van der Waals surface area (Å²) in [5.74, 6) is 1.78. The second kappa shape index (κ2) is 5.51. The van der Waals surface area contributed by atoms with Gasteiger partial charge in [0.15, 0.2) is 0 Å². The fourth-order valence-corrected chi connectivity index (χ4v) is 2.25. The number of pyridine rings is 1. The van der Waals surface area contributed by atoms with Gasteiger partial charge in [-0.3, -0.25) is 0 Å². The van der Waals surface area contributed by atoms with Gasteiger partial charge in [0.2, 0.25) is 0 Å². The van der Waals surface area contributed by atoms with E-state index < -0.39 is 0 Å². The molecule has 0 spiro atoms. The SMILES string of the molecule is CN(CC1CCNCC1)c1ccc(Cl)cn1. The van der Waals surface area contributed by atoms with Crippen LogP contribution in [0.4, 0.5) is 5.82 Å². The lowest BCUT2D eigenvalue weighted by molar-refractivity contribution is 0.377. The Balaban J connectivity index is 1.91. The van der Waals surface area contributed by atoms with Crippen LogP contribution in [0.1, 0.15) is 12.8 Å². The van der Waals surface area contributed by atoms with Crippen molar-refractivity contribution in [2.24, 2.45) is 5.92 Å². The van der Waals surface area contributed by atoms with Crippen LogP contribution in [0.2, 0.25) is 5.02 Å². The molecule has 1 N–H and O–H groups in total. The van der Waals surface area contributed by atoms with Crippen molar-refractivity contribution in [1.29, 1.82) is 0 Å². The topological polar surface area (TPSA) is 28.2 Å². The van der Waals surface area contributed by atoms with Gasteiger partial charge < -0.3 is 10.2 Å². The zero-order valence-electron chi connectivity index (χ0n) is 9.62. The second-order valence-electron chi connectivity index (χ2n) is 4.41. The highest BCUT2D eigenvalue weighted by molar-refractivity contribution is 6.30. The van der Waals surface area contributed by atoms with E-state index in [0.29, 0.717) is 5.02 Å². The molecular weight excluding hydrogens is 222 g/mol. The molecule has 1 aliphatic heterocycles. The van der Waals surface area contributed by atoms with E-state index in [-0.39, 0.29) is 0 Å². The molecule has 0 unspecified atom stereocenters. The predicted molar refractivity (Wildman–Crippen MR) is 68.1 cm³/mol. The number of nitrogens with one attached hydrogen (secondary N) is 1. The summed E-state index contributed by atoms with van der Waals surface area (Å²) in [6, 6.07) is 3.87. The number of piperidine rings is 1. The van der Waals surface area contributed by atoms with Crippen molar-refractivity contribution >= 4 is 17.4 Å². The molecule has 0 radical (unpaired) electrons. The molecule has 0 saturated carbocycles. The molecule has 1 fully saturated rings. The zero-order valence-corrected chi connectivity index (χ0v) is 10.4. The highest BCUT2D eigenvalue weighted by Gasteiger charge is 2.15. The molecule has 4 heteroatoms. The van der Waals surface area contributed by atoms with Gasteiger partial charge in [0, 0.05) is 19.8 Å². The standard InChI is InChI=1S/C12H18ClN3/c1-16(9-10-4-6-14-7-5-10)12-3-2-11(13)8-15-12/h2-3,8,10,14H,4-7,9H2,1H3. The fourth-order valence-electron chi connectivity index (χ4n) is 2.14. The van der Waals surface area contributed by atoms with Gasteiger partial charge in [-0.05, 0) is 44.0 Å². The summed E-state index contributed by atoms with van der Waals surface area (Å²) < 4.78 is 0. The zero-order chi connectivity index (χ0) is 11.4. The minimum atomic E-state index is 0.694. The number of aromatic nitrogens is 1. The lowest BCUT2D eigenvalue weighted by Crippen LogP contribution is -2.34. The molecule has 3 nitrogen and oxygen atoms in total. The number of nitrogens with zero attached hydrogens (tertiary/aromatic N) is 2. The summed E-state index contributed by atoms with van der Waals surface area (Å²) in [5.41, 5.74) is 0. The van der Waals surface area contributed by atoms with Crippen LogP contribution in [-0.2, 0) is 0 Å². The van der Waals surface area contributed by atoms with Gasteiger partial charge in [0.25, 0.3) is 0 Å².